The van der Waals surface area contributed by atoms with E-state index in [1.807, 2.05) is 18.2 Å². The summed E-state index contributed by atoms with van der Waals surface area (Å²) in [5.74, 6) is 0. The highest BCUT2D eigenvalue weighted by Gasteiger charge is 2.17. The summed E-state index contributed by atoms with van der Waals surface area (Å²) in [6.07, 6.45) is 0. The van der Waals surface area contributed by atoms with E-state index in [9.17, 15) is 0 Å². The van der Waals surface area contributed by atoms with Crippen molar-refractivity contribution in [2.45, 2.75) is 0 Å². The highest BCUT2D eigenvalue weighted by Crippen LogP contribution is 2.30. The molecule has 2 heterocycles. The van der Waals surface area contributed by atoms with E-state index in [0.29, 0.717) is 10.7 Å². The summed E-state index contributed by atoms with van der Waals surface area (Å²) in [7, 11) is 2.15. The first-order chi connectivity index (χ1) is 9.63. The Balaban J connectivity index is 1.81. The molecule has 0 unspecified atom stereocenters. The highest BCUT2D eigenvalue weighted by molar-refractivity contribution is 7.14. The Labute approximate surface area is 127 Å². The molecule has 1 aliphatic heterocycles. The molecule has 0 saturated carbocycles. The van der Waals surface area contributed by atoms with Crippen molar-refractivity contribution in [2.24, 2.45) is 0 Å². The predicted molar refractivity (Wildman–Crippen MR) is 86.7 cm³/mol. The van der Waals surface area contributed by atoms with Gasteiger partial charge in [-0.05, 0) is 19.2 Å². The number of nitrogen functional groups attached to an aromatic ring is 1. The molecule has 0 bridgehead atoms. The summed E-state index contributed by atoms with van der Waals surface area (Å²) in [4.78, 5) is 9.41. The van der Waals surface area contributed by atoms with E-state index in [4.69, 9.17) is 22.3 Å². The number of aromatic nitrogens is 1. The number of rotatable bonds is 2. The number of hydrogen-bond donors (Lipinski definition) is 1. The van der Waals surface area contributed by atoms with E-state index in [0.717, 1.165) is 42.6 Å². The number of thiazole rings is 1. The molecular formula is C14H17ClN4S. The zero-order valence-corrected chi connectivity index (χ0v) is 12.9. The zero-order valence-electron chi connectivity index (χ0n) is 11.3. The van der Waals surface area contributed by atoms with Gasteiger partial charge >= 0.3 is 0 Å². The Morgan fingerprint density at radius 2 is 2.00 bits per heavy atom. The Kier molecular flexibility index (Phi) is 3.83. The van der Waals surface area contributed by atoms with Crippen molar-refractivity contribution in [3.8, 4) is 11.3 Å². The quantitative estimate of drug-likeness (QED) is 0.867. The molecular weight excluding hydrogens is 292 g/mol. The van der Waals surface area contributed by atoms with Crippen LogP contribution >= 0.6 is 22.9 Å². The highest BCUT2D eigenvalue weighted by atomic mass is 35.5. The molecule has 0 radical (unpaired) electrons. The van der Waals surface area contributed by atoms with Crippen molar-refractivity contribution in [2.75, 3.05) is 43.9 Å². The van der Waals surface area contributed by atoms with Crippen molar-refractivity contribution in [1.82, 2.24) is 9.88 Å². The Hall–Kier alpha value is -1.30. The van der Waals surface area contributed by atoms with Crippen molar-refractivity contribution >= 4 is 33.8 Å². The first kappa shape index (κ1) is 13.7. The zero-order chi connectivity index (χ0) is 14.1. The summed E-state index contributed by atoms with van der Waals surface area (Å²) >= 11 is 7.64. The lowest BCUT2D eigenvalue weighted by Crippen LogP contribution is -2.44. The van der Waals surface area contributed by atoms with Gasteiger partial charge in [-0.3, -0.25) is 0 Å². The summed E-state index contributed by atoms with van der Waals surface area (Å²) in [6, 6.07) is 5.66. The molecule has 1 aliphatic rings. The summed E-state index contributed by atoms with van der Waals surface area (Å²) in [6.45, 7) is 4.24. The van der Waals surface area contributed by atoms with Crippen LogP contribution in [-0.4, -0.2) is 43.1 Å². The van der Waals surface area contributed by atoms with E-state index in [-0.39, 0.29) is 0 Å². The number of hydrogen-bond acceptors (Lipinski definition) is 5. The van der Waals surface area contributed by atoms with Crippen LogP contribution in [0.15, 0.2) is 23.6 Å². The second kappa shape index (κ2) is 5.60. The SMILES string of the molecule is CN1CCN(c2nc(-c3ccc(Cl)c(N)c3)cs2)CC1. The summed E-state index contributed by atoms with van der Waals surface area (Å²) < 4.78 is 0. The minimum absolute atomic E-state index is 0.586. The first-order valence-corrected chi connectivity index (χ1v) is 7.83. The van der Waals surface area contributed by atoms with Gasteiger partial charge in [-0.2, -0.15) is 0 Å². The normalized spacial score (nSPS) is 16.6. The Bertz CT molecular complexity index is 605. The third kappa shape index (κ3) is 2.75. The van der Waals surface area contributed by atoms with Crippen molar-refractivity contribution in [3.63, 3.8) is 0 Å². The molecule has 2 N–H and O–H groups in total. The predicted octanol–water partition coefficient (Wildman–Crippen LogP) is 2.80. The van der Waals surface area contributed by atoms with Crippen LogP contribution in [0, 0.1) is 0 Å². The van der Waals surface area contributed by atoms with Crippen LogP contribution in [-0.2, 0) is 0 Å². The lowest BCUT2D eigenvalue weighted by atomic mass is 10.1. The standard InChI is InChI=1S/C14H17ClN4S/c1-18-4-6-19(7-5-18)14-17-13(9-20-14)10-2-3-11(15)12(16)8-10/h2-3,8-9H,4-7,16H2,1H3. The number of benzene rings is 1. The van der Waals surface area contributed by atoms with Gasteiger partial charge in [0.05, 0.1) is 16.4 Å². The minimum atomic E-state index is 0.586. The summed E-state index contributed by atoms with van der Waals surface area (Å²) in [5, 5.41) is 3.75. The van der Waals surface area contributed by atoms with Gasteiger partial charge in [-0.25, -0.2) is 4.98 Å². The van der Waals surface area contributed by atoms with E-state index >= 15 is 0 Å². The second-order valence-corrected chi connectivity index (χ2v) is 6.29. The number of anilines is 2. The van der Waals surface area contributed by atoms with E-state index < -0.39 is 0 Å². The molecule has 1 fully saturated rings. The number of nitrogens with zero attached hydrogens (tertiary/aromatic N) is 3. The minimum Gasteiger partial charge on any atom is -0.398 e. The Morgan fingerprint density at radius 1 is 1.25 bits per heavy atom. The van der Waals surface area contributed by atoms with E-state index in [2.05, 4.69) is 22.2 Å². The van der Waals surface area contributed by atoms with Crippen LogP contribution in [0.25, 0.3) is 11.3 Å². The smallest absolute Gasteiger partial charge is 0.185 e. The van der Waals surface area contributed by atoms with Crippen LogP contribution in [0.5, 0.6) is 0 Å². The maximum Gasteiger partial charge on any atom is 0.185 e. The van der Waals surface area contributed by atoms with Crippen molar-refractivity contribution in [3.05, 3.63) is 28.6 Å². The second-order valence-electron chi connectivity index (χ2n) is 5.04. The molecule has 0 atom stereocenters. The topological polar surface area (TPSA) is 45.4 Å². The van der Waals surface area contributed by atoms with Gasteiger partial charge in [0.2, 0.25) is 0 Å². The number of piperazine rings is 1. The van der Waals surface area contributed by atoms with Crippen LogP contribution in [0.2, 0.25) is 5.02 Å². The fourth-order valence-electron chi connectivity index (χ4n) is 2.24. The van der Waals surface area contributed by atoms with Crippen LogP contribution in [0.1, 0.15) is 0 Å². The van der Waals surface area contributed by atoms with Gasteiger partial charge in [-0.15, -0.1) is 11.3 Å². The maximum absolute atomic E-state index is 5.95. The molecule has 20 heavy (non-hydrogen) atoms. The average Bonchev–Trinajstić information content (AvgIpc) is 2.92. The fraction of sp³-hybridized carbons (Fsp3) is 0.357. The molecule has 2 aromatic rings. The van der Waals surface area contributed by atoms with Gasteiger partial charge in [0.1, 0.15) is 0 Å². The van der Waals surface area contributed by atoms with E-state index in [1.54, 1.807) is 11.3 Å². The fourth-order valence-corrected chi connectivity index (χ4v) is 3.25. The molecule has 0 amide bonds. The molecule has 3 rings (SSSR count). The number of nitrogens with two attached hydrogens (primary N) is 1. The average molecular weight is 309 g/mol. The molecule has 1 saturated heterocycles. The van der Waals surface area contributed by atoms with Crippen molar-refractivity contribution in [1.29, 1.82) is 0 Å². The molecule has 6 heteroatoms. The van der Waals surface area contributed by atoms with Gasteiger partial charge in [0.25, 0.3) is 0 Å². The number of halogens is 1. The maximum atomic E-state index is 5.95. The molecule has 4 nitrogen and oxygen atoms in total. The van der Waals surface area contributed by atoms with Crippen LogP contribution in [0.4, 0.5) is 10.8 Å². The molecule has 106 valence electrons. The lowest BCUT2D eigenvalue weighted by Gasteiger charge is -2.32. The molecule has 0 spiro atoms. The number of likely N-dealkylation sites (N-methyl/N-ethyl adjacent to an activating group) is 1. The third-order valence-electron chi connectivity index (χ3n) is 3.56. The summed E-state index contributed by atoms with van der Waals surface area (Å²) in [5.41, 5.74) is 8.43. The third-order valence-corrected chi connectivity index (χ3v) is 4.80. The Morgan fingerprint density at radius 3 is 2.70 bits per heavy atom. The molecule has 1 aromatic carbocycles. The van der Waals surface area contributed by atoms with Gasteiger partial charge in [0, 0.05) is 37.1 Å². The first-order valence-electron chi connectivity index (χ1n) is 6.58. The van der Waals surface area contributed by atoms with Gasteiger partial charge in [-0.1, -0.05) is 17.7 Å². The lowest BCUT2D eigenvalue weighted by molar-refractivity contribution is 0.313. The molecule has 0 aliphatic carbocycles. The van der Waals surface area contributed by atoms with Crippen LogP contribution in [0.3, 0.4) is 0 Å². The van der Waals surface area contributed by atoms with Crippen LogP contribution < -0.4 is 10.6 Å². The van der Waals surface area contributed by atoms with E-state index in [1.165, 1.54) is 0 Å². The molecule has 1 aromatic heterocycles. The largest absolute Gasteiger partial charge is 0.398 e. The van der Waals surface area contributed by atoms with Gasteiger partial charge < -0.3 is 15.5 Å². The van der Waals surface area contributed by atoms with Crippen molar-refractivity contribution < 1.29 is 0 Å². The monoisotopic (exact) mass is 308 g/mol. The van der Waals surface area contributed by atoms with Gasteiger partial charge in [0.15, 0.2) is 5.13 Å².